The molecule has 3 aromatic rings. The molecule has 1 aliphatic heterocycles. The minimum Gasteiger partial charge on any atom is -0.478 e. The zero-order valence-corrected chi connectivity index (χ0v) is 17.7. The van der Waals surface area contributed by atoms with E-state index in [1.165, 1.54) is 29.0 Å². The maximum absolute atomic E-state index is 12.4. The standard InChI is InChI=1S/C23H23N3O4S/c27-21(24-19-6-2-5-18(12-19)23(28)29)13-20-15-31-22(25-20)17-4-1-3-16(11-17)14-26-7-9-30-10-8-26/h1-6,11-12,15H,7-10,13-14H2,(H,24,27)(H,28,29). The molecule has 1 saturated heterocycles. The number of anilines is 1. The van der Waals surface area contributed by atoms with Gasteiger partial charge in [0, 0.05) is 36.3 Å². The second kappa shape index (κ2) is 9.82. The van der Waals surface area contributed by atoms with Crippen molar-refractivity contribution in [1.29, 1.82) is 0 Å². The first-order valence-corrected chi connectivity index (χ1v) is 10.9. The van der Waals surface area contributed by atoms with Gasteiger partial charge in [-0.2, -0.15) is 0 Å². The average molecular weight is 438 g/mol. The lowest BCUT2D eigenvalue weighted by molar-refractivity contribution is -0.115. The van der Waals surface area contributed by atoms with Gasteiger partial charge in [0.05, 0.1) is 30.9 Å². The number of aromatic nitrogens is 1. The van der Waals surface area contributed by atoms with E-state index in [1.807, 2.05) is 17.5 Å². The summed E-state index contributed by atoms with van der Waals surface area (Å²) in [6.07, 6.45) is 0.126. The third kappa shape index (κ3) is 5.75. The highest BCUT2D eigenvalue weighted by Gasteiger charge is 2.13. The smallest absolute Gasteiger partial charge is 0.335 e. The highest BCUT2D eigenvalue weighted by molar-refractivity contribution is 7.13. The van der Waals surface area contributed by atoms with Crippen molar-refractivity contribution in [2.24, 2.45) is 0 Å². The van der Waals surface area contributed by atoms with Crippen LogP contribution in [0.3, 0.4) is 0 Å². The van der Waals surface area contributed by atoms with Crippen molar-refractivity contribution in [1.82, 2.24) is 9.88 Å². The summed E-state index contributed by atoms with van der Waals surface area (Å²) in [5.41, 5.74) is 3.54. The Kier molecular flexibility index (Phi) is 6.71. The first kappa shape index (κ1) is 21.2. The third-order valence-electron chi connectivity index (χ3n) is 4.97. The number of benzene rings is 2. The zero-order valence-electron chi connectivity index (χ0n) is 16.9. The lowest BCUT2D eigenvalue weighted by Gasteiger charge is -2.26. The number of carboxylic acid groups (broad SMARTS) is 1. The highest BCUT2D eigenvalue weighted by atomic mass is 32.1. The summed E-state index contributed by atoms with van der Waals surface area (Å²) in [6, 6.07) is 14.5. The van der Waals surface area contributed by atoms with Gasteiger partial charge < -0.3 is 15.2 Å². The molecule has 0 spiro atoms. The van der Waals surface area contributed by atoms with Gasteiger partial charge in [0.1, 0.15) is 5.01 Å². The van der Waals surface area contributed by atoms with Crippen molar-refractivity contribution in [2.45, 2.75) is 13.0 Å². The molecule has 0 radical (unpaired) electrons. The number of hydrogen-bond acceptors (Lipinski definition) is 6. The molecule has 31 heavy (non-hydrogen) atoms. The summed E-state index contributed by atoms with van der Waals surface area (Å²) < 4.78 is 5.41. The van der Waals surface area contributed by atoms with E-state index in [1.54, 1.807) is 12.1 Å². The van der Waals surface area contributed by atoms with Crippen LogP contribution in [0.25, 0.3) is 10.6 Å². The van der Waals surface area contributed by atoms with Gasteiger partial charge in [0.25, 0.3) is 0 Å². The number of amides is 1. The van der Waals surface area contributed by atoms with Gasteiger partial charge in [0.15, 0.2) is 0 Å². The summed E-state index contributed by atoms with van der Waals surface area (Å²) in [7, 11) is 0. The van der Waals surface area contributed by atoms with Gasteiger partial charge in [-0.25, -0.2) is 9.78 Å². The largest absolute Gasteiger partial charge is 0.478 e. The monoisotopic (exact) mass is 437 g/mol. The normalized spacial score (nSPS) is 14.3. The Morgan fingerprint density at radius 3 is 2.74 bits per heavy atom. The molecule has 0 atom stereocenters. The molecule has 0 aliphatic carbocycles. The van der Waals surface area contributed by atoms with Gasteiger partial charge in [-0.1, -0.05) is 24.3 Å². The first-order valence-electron chi connectivity index (χ1n) is 10.0. The van der Waals surface area contributed by atoms with Crippen LogP contribution >= 0.6 is 11.3 Å². The molecule has 8 heteroatoms. The van der Waals surface area contributed by atoms with Gasteiger partial charge >= 0.3 is 5.97 Å². The molecule has 1 fully saturated rings. The molecule has 2 N–H and O–H groups in total. The molecule has 1 aromatic heterocycles. The summed E-state index contributed by atoms with van der Waals surface area (Å²) in [5.74, 6) is -1.27. The summed E-state index contributed by atoms with van der Waals surface area (Å²) in [4.78, 5) is 30.4. The molecule has 0 bridgehead atoms. The predicted octanol–water partition coefficient (Wildman–Crippen LogP) is 3.52. The minimum atomic E-state index is -1.03. The maximum atomic E-state index is 12.4. The fraction of sp³-hybridized carbons (Fsp3) is 0.261. The van der Waals surface area contributed by atoms with Crippen molar-refractivity contribution >= 4 is 28.9 Å². The van der Waals surface area contributed by atoms with E-state index in [0.29, 0.717) is 11.4 Å². The third-order valence-corrected chi connectivity index (χ3v) is 5.91. The van der Waals surface area contributed by atoms with Crippen LogP contribution in [-0.4, -0.2) is 53.2 Å². The number of carbonyl (C=O) groups excluding carboxylic acids is 1. The van der Waals surface area contributed by atoms with Crippen LogP contribution in [0.1, 0.15) is 21.6 Å². The molecule has 0 unspecified atom stereocenters. The number of ether oxygens (including phenoxy) is 1. The Bertz CT molecular complexity index is 1080. The topological polar surface area (TPSA) is 91.8 Å². The van der Waals surface area contributed by atoms with Gasteiger partial charge in [-0.3, -0.25) is 9.69 Å². The van der Waals surface area contributed by atoms with E-state index in [9.17, 15) is 9.59 Å². The number of hydrogen-bond donors (Lipinski definition) is 2. The number of carbonyl (C=O) groups is 2. The average Bonchev–Trinajstić information content (AvgIpc) is 3.23. The zero-order chi connectivity index (χ0) is 21.6. The Morgan fingerprint density at radius 1 is 1.13 bits per heavy atom. The molecule has 160 valence electrons. The number of nitrogens with one attached hydrogen (secondary N) is 1. The van der Waals surface area contributed by atoms with Crippen molar-refractivity contribution in [2.75, 3.05) is 31.6 Å². The van der Waals surface area contributed by atoms with Crippen LogP contribution in [0.15, 0.2) is 53.9 Å². The van der Waals surface area contributed by atoms with Crippen molar-refractivity contribution in [3.05, 3.63) is 70.7 Å². The van der Waals surface area contributed by atoms with Crippen LogP contribution in [0, 0.1) is 0 Å². The van der Waals surface area contributed by atoms with E-state index < -0.39 is 5.97 Å². The molecule has 2 heterocycles. The van der Waals surface area contributed by atoms with Crippen molar-refractivity contribution in [3.8, 4) is 10.6 Å². The predicted molar refractivity (Wildman–Crippen MR) is 119 cm³/mol. The lowest BCUT2D eigenvalue weighted by Crippen LogP contribution is -2.35. The summed E-state index contributed by atoms with van der Waals surface area (Å²) >= 11 is 1.51. The number of rotatable bonds is 7. The van der Waals surface area contributed by atoms with E-state index in [4.69, 9.17) is 9.84 Å². The Balaban J connectivity index is 1.39. The van der Waals surface area contributed by atoms with Gasteiger partial charge in [-0.15, -0.1) is 11.3 Å². The van der Waals surface area contributed by atoms with Crippen LogP contribution < -0.4 is 5.32 Å². The van der Waals surface area contributed by atoms with Gasteiger partial charge in [0.2, 0.25) is 5.91 Å². The van der Waals surface area contributed by atoms with E-state index in [2.05, 4.69) is 27.3 Å². The second-order valence-electron chi connectivity index (χ2n) is 7.34. The SMILES string of the molecule is O=C(Cc1csc(-c2cccc(CN3CCOCC3)c2)n1)Nc1cccc(C(=O)O)c1. The Labute approximate surface area is 184 Å². The maximum Gasteiger partial charge on any atom is 0.335 e. The van der Waals surface area contributed by atoms with E-state index in [-0.39, 0.29) is 17.9 Å². The van der Waals surface area contributed by atoms with Crippen LogP contribution in [-0.2, 0) is 22.5 Å². The Morgan fingerprint density at radius 2 is 1.94 bits per heavy atom. The van der Waals surface area contributed by atoms with E-state index in [0.717, 1.165) is 43.4 Å². The first-order chi connectivity index (χ1) is 15.1. The van der Waals surface area contributed by atoms with Crippen LogP contribution in [0.5, 0.6) is 0 Å². The molecule has 0 saturated carbocycles. The number of thiazole rings is 1. The second-order valence-corrected chi connectivity index (χ2v) is 8.20. The highest BCUT2D eigenvalue weighted by Crippen LogP contribution is 2.25. The molecule has 1 aliphatic rings. The summed E-state index contributed by atoms with van der Waals surface area (Å²) in [5, 5.41) is 14.6. The van der Waals surface area contributed by atoms with Crippen molar-refractivity contribution in [3.63, 3.8) is 0 Å². The van der Waals surface area contributed by atoms with Crippen LogP contribution in [0.2, 0.25) is 0 Å². The fourth-order valence-electron chi connectivity index (χ4n) is 3.44. The molecule has 7 nitrogen and oxygen atoms in total. The molecule has 2 aromatic carbocycles. The molecular formula is C23H23N3O4S. The fourth-order valence-corrected chi connectivity index (χ4v) is 4.26. The quantitative estimate of drug-likeness (QED) is 0.588. The minimum absolute atomic E-state index is 0.126. The number of nitrogens with zero attached hydrogens (tertiary/aromatic N) is 2. The number of aromatic carboxylic acids is 1. The number of morpholine rings is 1. The molecule has 1 amide bonds. The number of carboxylic acids is 1. The summed E-state index contributed by atoms with van der Waals surface area (Å²) in [6.45, 7) is 4.32. The van der Waals surface area contributed by atoms with Crippen LogP contribution in [0.4, 0.5) is 5.69 Å². The van der Waals surface area contributed by atoms with Gasteiger partial charge in [-0.05, 0) is 29.8 Å². The molecule has 4 rings (SSSR count). The van der Waals surface area contributed by atoms with E-state index >= 15 is 0 Å². The van der Waals surface area contributed by atoms with Crippen molar-refractivity contribution < 1.29 is 19.4 Å². The Hall–Kier alpha value is -3.07. The molecular weight excluding hydrogens is 414 g/mol. The lowest BCUT2D eigenvalue weighted by atomic mass is 10.1.